The largest absolute Gasteiger partial charge is 0.464 e. The number of carbonyl (C=O) groups excluding carboxylic acids is 2. The second-order valence-electron chi connectivity index (χ2n) is 4.59. The topological polar surface area (TPSA) is 71.1 Å². The first-order chi connectivity index (χ1) is 9.67. The van der Waals surface area contributed by atoms with E-state index >= 15 is 0 Å². The van der Waals surface area contributed by atoms with Gasteiger partial charge in [0.1, 0.15) is 13.2 Å². The van der Waals surface area contributed by atoms with Crippen LogP contribution in [0.25, 0.3) is 0 Å². The first kappa shape index (κ1) is 16.9. The van der Waals surface area contributed by atoms with E-state index in [0.29, 0.717) is 13.2 Å². The van der Waals surface area contributed by atoms with Gasteiger partial charge in [0.15, 0.2) is 0 Å². The molecule has 0 aromatic heterocycles. The van der Waals surface area contributed by atoms with Gasteiger partial charge in [-0.05, 0) is 26.7 Å². The van der Waals surface area contributed by atoms with Crippen molar-refractivity contribution in [3.63, 3.8) is 0 Å². The predicted octanol–water partition coefficient (Wildman–Crippen LogP) is 1.46. The number of ether oxygens (including phenoxy) is 4. The highest BCUT2D eigenvalue weighted by Gasteiger charge is 2.28. The fraction of sp³-hybridized carbons (Fsp3) is 0.857. The molecule has 0 heterocycles. The minimum atomic E-state index is -0.373. The molecule has 0 amide bonds. The molecule has 0 saturated heterocycles. The summed E-state index contributed by atoms with van der Waals surface area (Å²) < 4.78 is 20.7. The number of rotatable bonds is 8. The first-order valence-electron chi connectivity index (χ1n) is 7.21. The van der Waals surface area contributed by atoms with Crippen LogP contribution in [0, 0.1) is 0 Å². The van der Waals surface area contributed by atoms with Crippen LogP contribution in [-0.4, -0.2) is 50.6 Å². The molecule has 0 radical (unpaired) electrons. The Bertz CT molecular complexity index is 274. The number of esters is 2. The molecule has 6 nitrogen and oxygen atoms in total. The Balaban J connectivity index is 2.33. The molecule has 0 aliphatic heterocycles. The van der Waals surface area contributed by atoms with Gasteiger partial charge in [-0.3, -0.25) is 0 Å². The molecule has 0 aromatic carbocycles. The second-order valence-corrected chi connectivity index (χ2v) is 4.59. The van der Waals surface area contributed by atoms with Crippen molar-refractivity contribution >= 4 is 11.9 Å². The van der Waals surface area contributed by atoms with Gasteiger partial charge < -0.3 is 18.9 Å². The molecule has 0 N–H and O–H groups in total. The molecular weight excluding hydrogens is 264 g/mol. The Hall–Kier alpha value is -1.14. The molecule has 20 heavy (non-hydrogen) atoms. The molecule has 1 aliphatic carbocycles. The van der Waals surface area contributed by atoms with Crippen LogP contribution in [-0.2, 0) is 28.5 Å². The quantitative estimate of drug-likeness (QED) is 0.630. The fourth-order valence-corrected chi connectivity index (χ4v) is 2.20. The first-order valence-corrected chi connectivity index (χ1v) is 7.21. The van der Waals surface area contributed by atoms with Gasteiger partial charge in [-0.2, -0.15) is 0 Å². The van der Waals surface area contributed by atoms with Gasteiger partial charge in [0.2, 0.25) is 0 Å². The molecule has 0 spiro atoms. The SMILES string of the molecule is CCOC(=O)CO[C@@H]1CCCC[C@H]1OCC(=O)OCC. The van der Waals surface area contributed by atoms with Gasteiger partial charge in [-0.25, -0.2) is 9.59 Å². The highest BCUT2D eigenvalue weighted by atomic mass is 16.6. The van der Waals surface area contributed by atoms with Crippen molar-refractivity contribution in [3.05, 3.63) is 0 Å². The summed E-state index contributed by atoms with van der Waals surface area (Å²) in [6.45, 7) is 4.05. The van der Waals surface area contributed by atoms with E-state index in [4.69, 9.17) is 18.9 Å². The van der Waals surface area contributed by atoms with Gasteiger partial charge >= 0.3 is 11.9 Å². The summed E-state index contributed by atoms with van der Waals surface area (Å²) in [7, 11) is 0. The van der Waals surface area contributed by atoms with Gasteiger partial charge in [-0.15, -0.1) is 0 Å². The average molecular weight is 288 g/mol. The summed E-state index contributed by atoms with van der Waals surface area (Å²) in [6.07, 6.45) is 3.39. The van der Waals surface area contributed by atoms with E-state index in [1.165, 1.54) is 0 Å². The van der Waals surface area contributed by atoms with E-state index in [1.54, 1.807) is 13.8 Å². The normalized spacial score (nSPS) is 22.3. The van der Waals surface area contributed by atoms with Gasteiger partial charge in [0, 0.05) is 0 Å². The van der Waals surface area contributed by atoms with Crippen LogP contribution < -0.4 is 0 Å². The summed E-state index contributed by atoms with van der Waals surface area (Å²) in [5.74, 6) is -0.746. The maximum absolute atomic E-state index is 11.3. The van der Waals surface area contributed by atoms with Crippen molar-refractivity contribution in [2.45, 2.75) is 51.7 Å². The Labute approximate surface area is 119 Å². The minimum Gasteiger partial charge on any atom is -0.464 e. The zero-order valence-corrected chi connectivity index (χ0v) is 12.3. The van der Waals surface area contributed by atoms with Crippen molar-refractivity contribution in [2.24, 2.45) is 0 Å². The lowest BCUT2D eigenvalue weighted by atomic mass is 9.94. The van der Waals surface area contributed by atoms with Gasteiger partial charge in [0.05, 0.1) is 25.4 Å². The Morgan fingerprint density at radius 1 is 0.850 bits per heavy atom. The molecule has 2 atom stereocenters. The van der Waals surface area contributed by atoms with Crippen LogP contribution >= 0.6 is 0 Å². The lowest BCUT2D eigenvalue weighted by Crippen LogP contribution is -2.37. The predicted molar refractivity (Wildman–Crippen MR) is 71.2 cm³/mol. The minimum absolute atomic E-state index is 0.0717. The van der Waals surface area contributed by atoms with Crippen molar-refractivity contribution in [3.8, 4) is 0 Å². The van der Waals surface area contributed by atoms with E-state index in [-0.39, 0.29) is 37.4 Å². The monoisotopic (exact) mass is 288 g/mol. The molecule has 0 unspecified atom stereocenters. The number of hydrogen-bond donors (Lipinski definition) is 0. The summed E-state index contributed by atoms with van der Waals surface area (Å²) in [5, 5.41) is 0. The maximum Gasteiger partial charge on any atom is 0.332 e. The average Bonchev–Trinajstić information content (AvgIpc) is 2.44. The van der Waals surface area contributed by atoms with Crippen LogP contribution in [0.1, 0.15) is 39.5 Å². The summed E-state index contributed by atoms with van der Waals surface area (Å²) in [5.41, 5.74) is 0. The smallest absolute Gasteiger partial charge is 0.332 e. The van der Waals surface area contributed by atoms with Crippen molar-refractivity contribution in [1.29, 1.82) is 0 Å². The highest BCUT2D eigenvalue weighted by molar-refractivity contribution is 5.71. The van der Waals surface area contributed by atoms with Gasteiger partial charge in [-0.1, -0.05) is 12.8 Å². The third-order valence-corrected chi connectivity index (χ3v) is 3.08. The summed E-state index contributed by atoms with van der Waals surface area (Å²) in [4.78, 5) is 22.6. The van der Waals surface area contributed by atoms with Crippen molar-refractivity contribution in [1.82, 2.24) is 0 Å². The molecule has 116 valence electrons. The molecule has 6 heteroatoms. The van der Waals surface area contributed by atoms with Crippen LogP contribution in [0.15, 0.2) is 0 Å². The Kier molecular flexibility index (Phi) is 8.22. The summed E-state index contributed by atoms with van der Waals surface area (Å²) >= 11 is 0. The number of hydrogen-bond acceptors (Lipinski definition) is 6. The number of carbonyl (C=O) groups is 2. The Morgan fingerprint density at radius 3 is 1.60 bits per heavy atom. The zero-order chi connectivity index (χ0) is 14.8. The zero-order valence-electron chi connectivity index (χ0n) is 12.3. The van der Waals surface area contributed by atoms with Crippen molar-refractivity contribution in [2.75, 3.05) is 26.4 Å². The van der Waals surface area contributed by atoms with E-state index in [9.17, 15) is 9.59 Å². The Morgan fingerprint density at radius 2 is 1.25 bits per heavy atom. The van der Waals surface area contributed by atoms with E-state index < -0.39 is 0 Å². The summed E-state index contributed by atoms with van der Waals surface area (Å²) in [6, 6.07) is 0. The van der Waals surface area contributed by atoms with E-state index in [2.05, 4.69) is 0 Å². The lowest BCUT2D eigenvalue weighted by molar-refractivity contribution is -0.163. The third-order valence-electron chi connectivity index (χ3n) is 3.08. The van der Waals surface area contributed by atoms with Gasteiger partial charge in [0.25, 0.3) is 0 Å². The fourth-order valence-electron chi connectivity index (χ4n) is 2.20. The van der Waals surface area contributed by atoms with Crippen LogP contribution in [0.4, 0.5) is 0 Å². The standard InChI is InChI=1S/C14H24O6/c1-3-17-13(15)9-19-11-7-5-6-8-12(11)20-10-14(16)18-4-2/h11-12H,3-10H2,1-2H3/t11-,12-/m1/s1. The van der Waals surface area contributed by atoms with Crippen LogP contribution in [0.2, 0.25) is 0 Å². The van der Waals surface area contributed by atoms with Crippen LogP contribution in [0.3, 0.4) is 0 Å². The molecule has 0 bridgehead atoms. The lowest BCUT2D eigenvalue weighted by Gasteiger charge is -2.30. The molecule has 1 saturated carbocycles. The maximum atomic E-state index is 11.3. The van der Waals surface area contributed by atoms with Crippen LogP contribution in [0.5, 0.6) is 0 Å². The van der Waals surface area contributed by atoms with E-state index in [1.807, 2.05) is 0 Å². The molecular formula is C14H24O6. The molecule has 0 aromatic rings. The third kappa shape index (κ3) is 6.34. The molecule has 1 rings (SSSR count). The van der Waals surface area contributed by atoms with Crippen molar-refractivity contribution < 1.29 is 28.5 Å². The second kappa shape index (κ2) is 9.72. The van der Waals surface area contributed by atoms with E-state index in [0.717, 1.165) is 25.7 Å². The molecule has 1 fully saturated rings. The molecule has 1 aliphatic rings. The highest BCUT2D eigenvalue weighted by Crippen LogP contribution is 2.23.